The number of rotatable bonds is 9. The molecule has 0 aromatic carbocycles. The van der Waals surface area contributed by atoms with Crippen LogP contribution in [-0.4, -0.2) is 26.9 Å². The monoisotopic (exact) mass is 243 g/mol. The molecule has 0 aliphatic rings. The Morgan fingerprint density at radius 2 is 2.25 bits per heavy atom. The molecule has 92 valence electrons. The van der Waals surface area contributed by atoms with E-state index in [9.17, 15) is 0 Å². The minimum Gasteiger partial charge on any atom is -0.496 e. The molecular formula is C12H21NO2S. The van der Waals surface area contributed by atoms with Gasteiger partial charge in [0.1, 0.15) is 5.75 Å². The number of methoxy groups -OCH3 is 1. The normalized spacial score (nSPS) is 10.6. The van der Waals surface area contributed by atoms with E-state index in [4.69, 9.17) is 9.47 Å². The van der Waals surface area contributed by atoms with E-state index in [1.165, 1.54) is 4.88 Å². The zero-order valence-corrected chi connectivity index (χ0v) is 10.9. The van der Waals surface area contributed by atoms with Crippen molar-refractivity contribution in [3.8, 4) is 5.75 Å². The highest BCUT2D eigenvalue weighted by molar-refractivity contribution is 7.10. The Morgan fingerprint density at radius 3 is 3.00 bits per heavy atom. The molecule has 1 aromatic rings. The average molecular weight is 243 g/mol. The first-order chi connectivity index (χ1) is 7.88. The van der Waals surface area contributed by atoms with E-state index >= 15 is 0 Å². The van der Waals surface area contributed by atoms with E-state index in [0.717, 1.165) is 44.9 Å². The van der Waals surface area contributed by atoms with Gasteiger partial charge in [0.2, 0.25) is 0 Å². The molecule has 0 bridgehead atoms. The SMILES string of the molecule is CCOCCCCNCc1sccc1OC. The van der Waals surface area contributed by atoms with Gasteiger partial charge in [0.05, 0.1) is 12.0 Å². The van der Waals surface area contributed by atoms with Crippen LogP contribution in [0.2, 0.25) is 0 Å². The standard InChI is InChI=1S/C12H21NO2S/c1-3-15-8-5-4-7-13-10-12-11(14-2)6-9-16-12/h6,9,13H,3-5,7-8,10H2,1-2H3. The van der Waals surface area contributed by atoms with Gasteiger partial charge in [0.15, 0.2) is 0 Å². The maximum Gasteiger partial charge on any atom is 0.134 e. The maximum atomic E-state index is 5.28. The number of unbranched alkanes of at least 4 members (excludes halogenated alkanes) is 1. The molecule has 1 aromatic heterocycles. The van der Waals surface area contributed by atoms with Crippen molar-refractivity contribution in [3.05, 3.63) is 16.3 Å². The lowest BCUT2D eigenvalue weighted by molar-refractivity contribution is 0.143. The van der Waals surface area contributed by atoms with Gasteiger partial charge in [-0.15, -0.1) is 11.3 Å². The van der Waals surface area contributed by atoms with Gasteiger partial charge in [0, 0.05) is 19.8 Å². The fourth-order valence-electron chi connectivity index (χ4n) is 1.44. The highest BCUT2D eigenvalue weighted by atomic mass is 32.1. The van der Waals surface area contributed by atoms with E-state index < -0.39 is 0 Å². The Morgan fingerprint density at radius 1 is 1.38 bits per heavy atom. The van der Waals surface area contributed by atoms with Crippen LogP contribution in [0, 0.1) is 0 Å². The molecule has 0 fully saturated rings. The number of thiophene rings is 1. The molecule has 16 heavy (non-hydrogen) atoms. The molecule has 0 aliphatic heterocycles. The zero-order chi connectivity index (χ0) is 11.6. The Labute approximate surface area is 102 Å². The topological polar surface area (TPSA) is 30.5 Å². The Bertz CT molecular complexity index is 276. The molecule has 0 saturated carbocycles. The summed E-state index contributed by atoms with van der Waals surface area (Å²) >= 11 is 1.73. The minimum atomic E-state index is 0.819. The van der Waals surface area contributed by atoms with Gasteiger partial charge in [-0.1, -0.05) is 0 Å². The summed E-state index contributed by atoms with van der Waals surface area (Å²) in [6.45, 7) is 5.66. The third-order valence-corrected chi connectivity index (χ3v) is 3.21. The number of nitrogens with one attached hydrogen (secondary N) is 1. The molecule has 0 unspecified atom stereocenters. The second-order valence-corrected chi connectivity index (χ2v) is 4.49. The van der Waals surface area contributed by atoms with Crippen molar-refractivity contribution >= 4 is 11.3 Å². The first-order valence-corrected chi connectivity index (χ1v) is 6.65. The second-order valence-electron chi connectivity index (χ2n) is 3.49. The van der Waals surface area contributed by atoms with Crippen molar-refractivity contribution in [2.75, 3.05) is 26.9 Å². The lowest BCUT2D eigenvalue weighted by atomic mass is 10.3. The first-order valence-electron chi connectivity index (χ1n) is 5.77. The summed E-state index contributed by atoms with van der Waals surface area (Å²) in [6.07, 6.45) is 2.29. The van der Waals surface area contributed by atoms with Crippen LogP contribution < -0.4 is 10.1 Å². The zero-order valence-electron chi connectivity index (χ0n) is 10.1. The molecule has 0 radical (unpaired) electrons. The number of hydrogen-bond acceptors (Lipinski definition) is 4. The van der Waals surface area contributed by atoms with Crippen LogP contribution in [0.5, 0.6) is 5.75 Å². The predicted octanol–water partition coefficient (Wildman–Crippen LogP) is 2.66. The van der Waals surface area contributed by atoms with Crippen LogP contribution in [-0.2, 0) is 11.3 Å². The van der Waals surface area contributed by atoms with Crippen LogP contribution in [0.15, 0.2) is 11.4 Å². The van der Waals surface area contributed by atoms with E-state index in [-0.39, 0.29) is 0 Å². The largest absolute Gasteiger partial charge is 0.496 e. The summed E-state index contributed by atoms with van der Waals surface area (Å²) in [6, 6.07) is 2.01. The van der Waals surface area contributed by atoms with E-state index in [2.05, 4.69) is 10.7 Å². The van der Waals surface area contributed by atoms with Gasteiger partial charge in [0.25, 0.3) is 0 Å². The van der Waals surface area contributed by atoms with Gasteiger partial charge < -0.3 is 14.8 Å². The lowest BCUT2D eigenvalue weighted by Gasteiger charge is -2.05. The highest BCUT2D eigenvalue weighted by Crippen LogP contribution is 2.23. The van der Waals surface area contributed by atoms with E-state index in [1.807, 2.05) is 13.0 Å². The molecule has 0 spiro atoms. The third kappa shape index (κ3) is 4.96. The smallest absolute Gasteiger partial charge is 0.134 e. The number of ether oxygens (including phenoxy) is 2. The Kier molecular flexibility index (Phi) is 7.21. The summed E-state index contributed by atoms with van der Waals surface area (Å²) in [7, 11) is 1.72. The Hall–Kier alpha value is -0.580. The van der Waals surface area contributed by atoms with Crippen LogP contribution in [0.3, 0.4) is 0 Å². The molecule has 1 rings (SSSR count). The van der Waals surface area contributed by atoms with Crippen molar-refractivity contribution in [1.82, 2.24) is 5.32 Å². The van der Waals surface area contributed by atoms with Crippen LogP contribution >= 0.6 is 11.3 Å². The summed E-state index contributed by atoms with van der Waals surface area (Å²) in [5.74, 6) is 0.992. The van der Waals surface area contributed by atoms with Gasteiger partial charge >= 0.3 is 0 Å². The quantitative estimate of drug-likeness (QED) is 0.676. The molecule has 1 heterocycles. The fraction of sp³-hybridized carbons (Fsp3) is 0.667. The van der Waals surface area contributed by atoms with Crippen molar-refractivity contribution < 1.29 is 9.47 Å². The van der Waals surface area contributed by atoms with Crippen molar-refractivity contribution in [3.63, 3.8) is 0 Å². The summed E-state index contributed by atoms with van der Waals surface area (Å²) < 4.78 is 10.5. The van der Waals surface area contributed by atoms with Gasteiger partial charge in [-0.05, 0) is 37.8 Å². The van der Waals surface area contributed by atoms with Crippen LogP contribution in [0.4, 0.5) is 0 Å². The van der Waals surface area contributed by atoms with Crippen molar-refractivity contribution in [2.24, 2.45) is 0 Å². The molecule has 3 nitrogen and oxygen atoms in total. The third-order valence-electron chi connectivity index (χ3n) is 2.31. The van der Waals surface area contributed by atoms with Crippen LogP contribution in [0.25, 0.3) is 0 Å². The summed E-state index contributed by atoms with van der Waals surface area (Å²) in [4.78, 5) is 1.27. The predicted molar refractivity (Wildman–Crippen MR) is 68.3 cm³/mol. The van der Waals surface area contributed by atoms with Crippen molar-refractivity contribution in [2.45, 2.75) is 26.3 Å². The fourth-order valence-corrected chi connectivity index (χ4v) is 2.25. The molecule has 0 amide bonds. The highest BCUT2D eigenvalue weighted by Gasteiger charge is 2.02. The Balaban J connectivity index is 2.03. The summed E-state index contributed by atoms with van der Waals surface area (Å²) in [5, 5.41) is 5.47. The molecule has 4 heteroatoms. The summed E-state index contributed by atoms with van der Waals surface area (Å²) in [5.41, 5.74) is 0. The lowest BCUT2D eigenvalue weighted by Crippen LogP contribution is -2.14. The van der Waals surface area contributed by atoms with Crippen LogP contribution in [0.1, 0.15) is 24.6 Å². The average Bonchev–Trinajstić information content (AvgIpc) is 2.75. The molecule has 0 saturated heterocycles. The molecular weight excluding hydrogens is 222 g/mol. The van der Waals surface area contributed by atoms with Crippen molar-refractivity contribution in [1.29, 1.82) is 0 Å². The van der Waals surface area contributed by atoms with E-state index in [0.29, 0.717) is 0 Å². The molecule has 1 N–H and O–H groups in total. The minimum absolute atomic E-state index is 0.819. The number of hydrogen-bond donors (Lipinski definition) is 1. The van der Waals surface area contributed by atoms with Gasteiger partial charge in [-0.25, -0.2) is 0 Å². The second kappa shape index (κ2) is 8.56. The first kappa shape index (κ1) is 13.5. The molecule has 0 aliphatic carbocycles. The van der Waals surface area contributed by atoms with E-state index in [1.54, 1.807) is 18.4 Å². The molecule has 0 atom stereocenters. The maximum absolute atomic E-state index is 5.28. The van der Waals surface area contributed by atoms with Gasteiger partial charge in [-0.2, -0.15) is 0 Å². The van der Waals surface area contributed by atoms with Gasteiger partial charge in [-0.3, -0.25) is 0 Å².